The van der Waals surface area contributed by atoms with Crippen molar-refractivity contribution >= 4 is 35.8 Å². The van der Waals surface area contributed by atoms with Crippen LogP contribution < -0.4 is 10.9 Å². The number of nitrogen functional groups attached to an aromatic ring is 1. The minimum atomic E-state index is -1.77. The second kappa shape index (κ2) is 11.4. The van der Waals surface area contributed by atoms with Crippen LogP contribution in [-0.4, -0.2) is 38.8 Å². The van der Waals surface area contributed by atoms with E-state index in [9.17, 15) is 0 Å². The number of fused-ring (bicyclic) bond motifs is 1. The van der Waals surface area contributed by atoms with Gasteiger partial charge in [-0.25, -0.2) is 13.2 Å². The van der Waals surface area contributed by atoms with Gasteiger partial charge in [0.15, 0.2) is 0 Å². The maximum atomic E-state index is 16.4. The fourth-order valence-corrected chi connectivity index (χ4v) is 8.33. The summed E-state index contributed by atoms with van der Waals surface area (Å²) in [7, 11) is -1.56. The molecule has 3 atom stereocenters. The number of anilines is 1. The van der Waals surface area contributed by atoms with E-state index in [1.165, 1.54) is 19.1 Å². The molecule has 1 radical (unpaired) electrons. The number of benzene rings is 3. The van der Waals surface area contributed by atoms with E-state index in [1.54, 1.807) is 6.07 Å². The third-order valence-corrected chi connectivity index (χ3v) is 10.5. The van der Waals surface area contributed by atoms with Crippen molar-refractivity contribution in [3.05, 3.63) is 93.0 Å². The topological polar surface area (TPSA) is 38.5 Å². The fraction of sp³-hybridized carbons (Fsp3) is 0.419. The Hall–Kier alpha value is -2.13. The van der Waals surface area contributed by atoms with Gasteiger partial charge in [0.1, 0.15) is 17.3 Å². The summed E-state index contributed by atoms with van der Waals surface area (Å²) in [6, 6.07) is 15.1. The second-order valence-electron chi connectivity index (χ2n) is 11.9. The molecular formula is C31H37BrF3N2OSi. The van der Waals surface area contributed by atoms with E-state index in [2.05, 4.69) is 36.7 Å². The van der Waals surface area contributed by atoms with Crippen LogP contribution in [0.2, 0.25) is 5.04 Å². The Kier molecular flexibility index (Phi) is 8.72. The first-order valence-electron chi connectivity index (χ1n) is 13.2. The van der Waals surface area contributed by atoms with Gasteiger partial charge in [-0.1, -0.05) is 73.1 Å². The quantitative estimate of drug-likeness (QED) is 0.222. The van der Waals surface area contributed by atoms with Crippen LogP contribution in [0.4, 0.5) is 18.9 Å². The van der Waals surface area contributed by atoms with Gasteiger partial charge in [0.2, 0.25) is 0 Å². The number of hydrogen-bond acceptors (Lipinski definition) is 3. The summed E-state index contributed by atoms with van der Waals surface area (Å²) < 4.78 is 54.0. The van der Waals surface area contributed by atoms with Crippen LogP contribution in [0, 0.1) is 18.6 Å². The average molecular weight is 619 g/mol. The van der Waals surface area contributed by atoms with Gasteiger partial charge < -0.3 is 10.2 Å². The van der Waals surface area contributed by atoms with E-state index in [-0.39, 0.29) is 29.8 Å². The smallest absolute Gasteiger partial charge is 0.252 e. The first kappa shape index (κ1) is 29.8. The Morgan fingerprint density at radius 2 is 1.67 bits per heavy atom. The van der Waals surface area contributed by atoms with Crippen molar-refractivity contribution in [3.8, 4) is 0 Å². The summed E-state index contributed by atoms with van der Waals surface area (Å²) in [6.45, 7) is 11.6. The summed E-state index contributed by atoms with van der Waals surface area (Å²) in [4.78, 5) is 1.88. The van der Waals surface area contributed by atoms with Crippen molar-refractivity contribution in [1.29, 1.82) is 0 Å². The molecule has 2 N–H and O–H groups in total. The molecule has 0 saturated carbocycles. The van der Waals surface area contributed by atoms with Gasteiger partial charge in [-0.3, -0.25) is 4.90 Å². The van der Waals surface area contributed by atoms with Gasteiger partial charge >= 0.3 is 0 Å². The zero-order valence-electron chi connectivity index (χ0n) is 23.4. The maximum Gasteiger partial charge on any atom is 0.252 e. The monoisotopic (exact) mass is 617 g/mol. The molecule has 0 bridgehead atoms. The van der Waals surface area contributed by atoms with E-state index in [0.717, 1.165) is 21.9 Å². The lowest BCUT2D eigenvalue weighted by molar-refractivity contribution is 0.0226. The first-order valence-corrected chi connectivity index (χ1v) is 15.4. The highest BCUT2D eigenvalue weighted by Crippen LogP contribution is 2.43. The van der Waals surface area contributed by atoms with Crippen LogP contribution in [0.3, 0.4) is 0 Å². The van der Waals surface area contributed by atoms with Gasteiger partial charge in [-0.2, -0.15) is 0 Å². The van der Waals surface area contributed by atoms with Crippen molar-refractivity contribution in [3.63, 3.8) is 0 Å². The highest BCUT2D eigenvalue weighted by Gasteiger charge is 2.42. The Morgan fingerprint density at radius 3 is 2.26 bits per heavy atom. The molecule has 1 heterocycles. The highest BCUT2D eigenvalue weighted by molar-refractivity contribution is 9.10. The predicted octanol–water partition coefficient (Wildman–Crippen LogP) is 7.40. The third-order valence-electron chi connectivity index (χ3n) is 7.43. The van der Waals surface area contributed by atoms with Gasteiger partial charge in [-0.05, 0) is 72.3 Å². The largest absolute Gasteiger partial charge is 0.408 e. The van der Waals surface area contributed by atoms with Crippen LogP contribution in [0.5, 0.6) is 0 Å². The second-order valence-corrected chi connectivity index (χ2v) is 15.8. The molecule has 0 spiro atoms. The third kappa shape index (κ3) is 6.45. The molecule has 39 heavy (non-hydrogen) atoms. The van der Waals surface area contributed by atoms with Gasteiger partial charge in [0.05, 0.1) is 12.6 Å². The molecule has 4 rings (SSSR count). The molecule has 0 amide bonds. The van der Waals surface area contributed by atoms with E-state index in [4.69, 9.17) is 10.2 Å². The van der Waals surface area contributed by atoms with E-state index in [0.29, 0.717) is 16.6 Å². The number of halogens is 4. The zero-order valence-corrected chi connectivity index (χ0v) is 26.0. The van der Waals surface area contributed by atoms with Crippen molar-refractivity contribution in [2.24, 2.45) is 0 Å². The molecule has 0 aromatic heterocycles. The maximum absolute atomic E-state index is 16.4. The summed E-state index contributed by atoms with van der Waals surface area (Å²) in [5, 5.41) is 0.916. The number of nitrogens with two attached hydrogens (primary N) is 1. The minimum absolute atomic E-state index is 0.0509. The van der Waals surface area contributed by atoms with Gasteiger partial charge in [-0.15, -0.1) is 0 Å². The van der Waals surface area contributed by atoms with Gasteiger partial charge in [0.25, 0.3) is 9.04 Å². The standard InChI is InChI=1S/C31H37BrF3N2OSi/c1-19-14-24-20(2)27(36)13-12-23(24)29(28-25(33)15-21(32)16-26(28)34)37(19)17-31(6,35)18-38-39(30(3,4)5)22-10-8-7-9-11-22/h7-13,15-16,19,29H,14,17-18,36H2,1-6H3/t19-,29+,31?/m1/s1. The van der Waals surface area contributed by atoms with Crippen molar-refractivity contribution in [1.82, 2.24) is 4.90 Å². The number of hydrogen-bond donors (Lipinski definition) is 1. The van der Waals surface area contributed by atoms with Crippen molar-refractivity contribution < 1.29 is 17.6 Å². The number of nitrogens with zero attached hydrogens (tertiary/aromatic N) is 1. The fourth-order valence-electron chi connectivity index (χ4n) is 5.52. The van der Waals surface area contributed by atoms with Crippen LogP contribution in [0.15, 0.2) is 59.1 Å². The molecule has 3 aromatic rings. The highest BCUT2D eigenvalue weighted by atomic mass is 79.9. The van der Waals surface area contributed by atoms with Crippen LogP contribution in [-0.2, 0) is 10.8 Å². The lowest BCUT2D eigenvalue weighted by Gasteiger charge is -2.45. The summed E-state index contributed by atoms with van der Waals surface area (Å²) in [5.41, 5.74) is 7.58. The predicted molar refractivity (Wildman–Crippen MR) is 158 cm³/mol. The minimum Gasteiger partial charge on any atom is -0.408 e. The normalized spacial score (nSPS) is 19.7. The molecule has 1 aliphatic rings. The van der Waals surface area contributed by atoms with E-state index >= 15 is 13.2 Å². The Morgan fingerprint density at radius 1 is 1.05 bits per heavy atom. The molecule has 3 nitrogen and oxygen atoms in total. The molecule has 209 valence electrons. The summed E-state index contributed by atoms with van der Waals surface area (Å²) >= 11 is 3.19. The molecule has 1 unspecified atom stereocenters. The van der Waals surface area contributed by atoms with Crippen LogP contribution in [0.1, 0.15) is 62.9 Å². The lowest BCUT2D eigenvalue weighted by Crippen LogP contribution is -2.52. The lowest BCUT2D eigenvalue weighted by atomic mass is 9.81. The average Bonchev–Trinajstić information content (AvgIpc) is 2.83. The molecule has 0 saturated heterocycles. The Bertz CT molecular complexity index is 1310. The van der Waals surface area contributed by atoms with E-state index in [1.807, 2.05) is 55.1 Å². The Labute approximate surface area is 240 Å². The Balaban J connectivity index is 1.70. The first-order chi connectivity index (χ1) is 18.2. The SMILES string of the molecule is Cc1c(N)ccc2c1C[C@@H](C)N(CC(C)(F)CO[Si](c1ccccc1)C(C)(C)C)[C@@H]2c1c(F)cc(Br)cc1F. The molecule has 0 fully saturated rings. The number of rotatable bonds is 7. The number of alkyl halides is 1. The van der Waals surface area contributed by atoms with Crippen LogP contribution >= 0.6 is 15.9 Å². The van der Waals surface area contributed by atoms with E-state index < -0.39 is 32.4 Å². The zero-order chi connectivity index (χ0) is 28.7. The van der Waals surface area contributed by atoms with Gasteiger partial charge in [0, 0.05) is 28.3 Å². The summed E-state index contributed by atoms with van der Waals surface area (Å²) in [5.74, 6) is -1.35. The molecule has 8 heteroatoms. The molecule has 1 aliphatic heterocycles. The molecule has 0 aliphatic carbocycles. The van der Waals surface area contributed by atoms with Crippen molar-refractivity contribution in [2.75, 3.05) is 18.9 Å². The van der Waals surface area contributed by atoms with Crippen molar-refractivity contribution in [2.45, 2.75) is 70.8 Å². The molecule has 3 aromatic carbocycles. The summed E-state index contributed by atoms with van der Waals surface area (Å²) in [6.07, 6.45) is 0.598. The molecular weight excluding hydrogens is 581 g/mol. The van der Waals surface area contributed by atoms with Crippen LogP contribution in [0.25, 0.3) is 0 Å².